The maximum Gasteiger partial charge on any atom is 0.0715 e. The lowest BCUT2D eigenvalue weighted by atomic mass is 9.92. The fraction of sp³-hybridized carbons (Fsp3) is 0.647. The van der Waals surface area contributed by atoms with Crippen LogP contribution >= 0.6 is 0 Å². The van der Waals surface area contributed by atoms with Crippen molar-refractivity contribution in [2.75, 3.05) is 33.4 Å². The lowest BCUT2D eigenvalue weighted by Gasteiger charge is -2.30. The van der Waals surface area contributed by atoms with Crippen molar-refractivity contribution < 1.29 is 4.74 Å². The molecule has 0 aromatic rings. The molecule has 0 bridgehead atoms. The van der Waals surface area contributed by atoms with Gasteiger partial charge in [-0.25, -0.2) is 0 Å². The number of allylic oxidation sites excluding steroid dienone is 3. The van der Waals surface area contributed by atoms with Gasteiger partial charge >= 0.3 is 0 Å². The fourth-order valence-electron chi connectivity index (χ4n) is 3.01. The van der Waals surface area contributed by atoms with E-state index in [1.165, 1.54) is 24.1 Å². The van der Waals surface area contributed by atoms with Gasteiger partial charge in [-0.2, -0.15) is 0 Å². The van der Waals surface area contributed by atoms with Crippen molar-refractivity contribution in [1.29, 1.82) is 0 Å². The zero-order valence-corrected chi connectivity index (χ0v) is 12.8. The van der Waals surface area contributed by atoms with Crippen LogP contribution in [0.3, 0.4) is 0 Å². The van der Waals surface area contributed by atoms with E-state index >= 15 is 0 Å². The molecule has 0 atom stereocenters. The van der Waals surface area contributed by atoms with Crippen LogP contribution in [0, 0.1) is 5.92 Å². The first-order chi connectivity index (χ1) is 9.15. The van der Waals surface area contributed by atoms with Crippen LogP contribution < -0.4 is 0 Å². The van der Waals surface area contributed by atoms with E-state index in [2.05, 4.69) is 37.8 Å². The lowest BCUT2D eigenvalue weighted by molar-refractivity contribution is 0.224. The Balaban J connectivity index is 2.30. The molecule has 2 rings (SSSR count). The Morgan fingerprint density at radius 2 is 2.16 bits per heavy atom. The Kier molecular flexibility index (Phi) is 5.00. The molecule has 0 unspecified atom stereocenters. The Bertz CT molecular complexity index is 415. The van der Waals surface area contributed by atoms with Crippen LogP contribution in [0.4, 0.5) is 0 Å². The molecule has 106 valence electrons. The average Bonchev–Trinajstić information content (AvgIpc) is 2.58. The predicted octanol–water partition coefficient (Wildman–Crippen LogP) is 3.57. The molecule has 1 heterocycles. The minimum atomic E-state index is 0.593. The van der Waals surface area contributed by atoms with Crippen LogP contribution in [0.15, 0.2) is 34.4 Å². The molecule has 0 saturated carbocycles. The molecule has 2 aliphatic rings. The highest BCUT2D eigenvalue weighted by atomic mass is 16.5. The third kappa shape index (κ3) is 3.37. The summed E-state index contributed by atoms with van der Waals surface area (Å²) < 4.78 is 5.42. The van der Waals surface area contributed by atoms with E-state index in [0.29, 0.717) is 5.92 Å². The fourth-order valence-corrected chi connectivity index (χ4v) is 3.01. The molecule has 0 N–H and O–H groups in total. The van der Waals surface area contributed by atoms with Gasteiger partial charge in [-0.15, -0.1) is 0 Å². The third-order valence-corrected chi connectivity index (χ3v) is 4.25. The van der Waals surface area contributed by atoms with Gasteiger partial charge in [0.15, 0.2) is 0 Å². The number of likely N-dealkylation sites (N-methyl/N-ethyl adjacent to an activating group) is 1. The summed E-state index contributed by atoms with van der Waals surface area (Å²) in [6.07, 6.45) is 7.08. The molecule has 0 radical (unpaired) electrons. The minimum absolute atomic E-state index is 0.593. The zero-order valence-electron chi connectivity index (χ0n) is 12.8. The van der Waals surface area contributed by atoms with Gasteiger partial charge in [-0.1, -0.05) is 32.9 Å². The molecule has 2 nitrogen and oxygen atoms in total. The van der Waals surface area contributed by atoms with Gasteiger partial charge in [-0.3, -0.25) is 4.90 Å². The van der Waals surface area contributed by atoms with Crippen LogP contribution in [0.5, 0.6) is 0 Å². The predicted molar refractivity (Wildman–Crippen MR) is 81.3 cm³/mol. The first-order valence-corrected chi connectivity index (χ1v) is 7.48. The van der Waals surface area contributed by atoms with E-state index in [1.54, 1.807) is 18.3 Å². The summed E-state index contributed by atoms with van der Waals surface area (Å²) in [5.74, 6) is 0.593. The standard InChI is InChI=1S/C17H27NO/c1-5-18-9-8-17-15(11-18)7-6-14(13(2)3)10-16(17)12-19-4/h6,10,13H,5,7-9,11-12H2,1-4H3. The second kappa shape index (κ2) is 6.53. The molecule has 0 fully saturated rings. The number of hydrogen-bond donors (Lipinski definition) is 0. The van der Waals surface area contributed by atoms with Gasteiger partial charge in [0.2, 0.25) is 0 Å². The maximum atomic E-state index is 5.42. The Hall–Kier alpha value is -0.860. The van der Waals surface area contributed by atoms with Crippen molar-refractivity contribution in [3.8, 4) is 0 Å². The second-order valence-electron chi connectivity index (χ2n) is 5.87. The molecule has 19 heavy (non-hydrogen) atoms. The van der Waals surface area contributed by atoms with Crippen LogP contribution in [0.1, 0.15) is 33.6 Å². The lowest BCUT2D eigenvalue weighted by Crippen LogP contribution is -2.32. The summed E-state index contributed by atoms with van der Waals surface area (Å²) in [5.41, 5.74) is 6.04. The van der Waals surface area contributed by atoms with E-state index < -0.39 is 0 Å². The molecule has 2 heteroatoms. The highest BCUT2D eigenvalue weighted by molar-refractivity contribution is 5.46. The van der Waals surface area contributed by atoms with Crippen molar-refractivity contribution in [2.45, 2.75) is 33.6 Å². The topological polar surface area (TPSA) is 12.5 Å². The molecule has 1 aliphatic heterocycles. The molecule has 0 aromatic heterocycles. The molecule has 0 amide bonds. The molecular weight excluding hydrogens is 234 g/mol. The summed E-state index contributed by atoms with van der Waals surface area (Å²) in [6.45, 7) is 11.0. The summed E-state index contributed by atoms with van der Waals surface area (Å²) in [4.78, 5) is 2.54. The first-order valence-electron chi connectivity index (χ1n) is 7.48. The smallest absolute Gasteiger partial charge is 0.0715 e. The van der Waals surface area contributed by atoms with Crippen molar-refractivity contribution in [2.24, 2.45) is 5.92 Å². The molecule has 0 spiro atoms. The Morgan fingerprint density at radius 3 is 2.79 bits per heavy atom. The zero-order chi connectivity index (χ0) is 13.8. The van der Waals surface area contributed by atoms with E-state index in [0.717, 1.165) is 26.1 Å². The van der Waals surface area contributed by atoms with E-state index in [1.807, 2.05) is 0 Å². The molecule has 0 saturated heterocycles. The van der Waals surface area contributed by atoms with Crippen LogP contribution in [0.2, 0.25) is 0 Å². The summed E-state index contributed by atoms with van der Waals surface area (Å²) in [5, 5.41) is 0. The van der Waals surface area contributed by atoms with Crippen LogP contribution in [-0.2, 0) is 4.74 Å². The van der Waals surface area contributed by atoms with E-state index in [9.17, 15) is 0 Å². The summed E-state index contributed by atoms with van der Waals surface area (Å²) in [6, 6.07) is 0. The Labute approximate surface area is 117 Å². The van der Waals surface area contributed by atoms with Crippen LogP contribution in [0.25, 0.3) is 0 Å². The first kappa shape index (κ1) is 14.5. The van der Waals surface area contributed by atoms with E-state index in [4.69, 9.17) is 4.74 Å². The van der Waals surface area contributed by atoms with Crippen molar-refractivity contribution in [3.63, 3.8) is 0 Å². The van der Waals surface area contributed by atoms with Crippen molar-refractivity contribution in [1.82, 2.24) is 4.90 Å². The van der Waals surface area contributed by atoms with Crippen molar-refractivity contribution in [3.05, 3.63) is 34.4 Å². The van der Waals surface area contributed by atoms with Gasteiger partial charge in [0.25, 0.3) is 0 Å². The highest BCUT2D eigenvalue weighted by Crippen LogP contribution is 2.32. The van der Waals surface area contributed by atoms with Gasteiger partial charge in [0, 0.05) is 20.2 Å². The highest BCUT2D eigenvalue weighted by Gasteiger charge is 2.22. The number of methoxy groups -OCH3 is 1. The SMILES string of the molecule is CCN1CCC2=C(CC=C(C(C)C)C=C2COC)C1. The van der Waals surface area contributed by atoms with Gasteiger partial charge in [0.05, 0.1) is 6.61 Å². The Morgan fingerprint density at radius 1 is 1.37 bits per heavy atom. The van der Waals surface area contributed by atoms with Gasteiger partial charge in [-0.05, 0) is 47.6 Å². The molecule has 0 aromatic carbocycles. The minimum Gasteiger partial charge on any atom is -0.380 e. The summed E-state index contributed by atoms with van der Waals surface area (Å²) in [7, 11) is 1.80. The van der Waals surface area contributed by atoms with E-state index in [-0.39, 0.29) is 0 Å². The van der Waals surface area contributed by atoms with Crippen LogP contribution in [-0.4, -0.2) is 38.3 Å². The number of ether oxygens (including phenoxy) is 1. The number of rotatable bonds is 4. The second-order valence-corrected chi connectivity index (χ2v) is 5.87. The quantitative estimate of drug-likeness (QED) is 0.767. The summed E-state index contributed by atoms with van der Waals surface area (Å²) >= 11 is 0. The van der Waals surface area contributed by atoms with Gasteiger partial charge in [0.1, 0.15) is 0 Å². The molecule has 1 aliphatic carbocycles. The number of nitrogens with zero attached hydrogens (tertiary/aromatic N) is 1. The average molecular weight is 261 g/mol. The largest absolute Gasteiger partial charge is 0.380 e. The normalized spacial score (nSPS) is 21.1. The van der Waals surface area contributed by atoms with Crippen molar-refractivity contribution >= 4 is 0 Å². The monoisotopic (exact) mass is 261 g/mol. The number of hydrogen-bond acceptors (Lipinski definition) is 2. The maximum absolute atomic E-state index is 5.42. The van der Waals surface area contributed by atoms with Gasteiger partial charge < -0.3 is 4.74 Å². The molecular formula is C17H27NO. The third-order valence-electron chi connectivity index (χ3n) is 4.25.